The maximum absolute atomic E-state index is 13.7. The van der Waals surface area contributed by atoms with E-state index in [1.807, 2.05) is 0 Å². The van der Waals surface area contributed by atoms with Crippen LogP contribution in [-0.2, 0) is 0 Å². The van der Waals surface area contributed by atoms with Gasteiger partial charge in [0.05, 0.1) is 7.11 Å². The van der Waals surface area contributed by atoms with Crippen LogP contribution in [0.5, 0.6) is 5.75 Å². The fraction of sp³-hybridized carbons (Fsp3) is 0.273. The first kappa shape index (κ1) is 11.5. The van der Waals surface area contributed by atoms with Gasteiger partial charge in [-0.05, 0) is 19.1 Å². The molecule has 2 rings (SSSR count). The van der Waals surface area contributed by atoms with Crippen LogP contribution in [0, 0.1) is 5.82 Å². The number of aliphatic hydroxyl groups is 1. The molecule has 0 amide bonds. The van der Waals surface area contributed by atoms with E-state index in [0.29, 0.717) is 5.75 Å². The van der Waals surface area contributed by atoms with Crippen LogP contribution in [0.25, 0.3) is 11.5 Å². The van der Waals surface area contributed by atoms with Crippen molar-refractivity contribution in [2.24, 2.45) is 0 Å². The molecule has 1 N–H and O–H groups in total. The predicted octanol–water partition coefficient (Wildman–Crippen LogP) is 1.94. The number of benzene rings is 1. The number of ether oxygens (including phenoxy) is 1. The summed E-state index contributed by atoms with van der Waals surface area (Å²) in [5, 5.41) is 12.8. The van der Waals surface area contributed by atoms with E-state index in [4.69, 9.17) is 9.26 Å². The van der Waals surface area contributed by atoms with Gasteiger partial charge < -0.3 is 14.4 Å². The molecule has 6 heteroatoms. The van der Waals surface area contributed by atoms with E-state index >= 15 is 0 Å². The first-order chi connectivity index (χ1) is 8.13. The Hall–Kier alpha value is -1.95. The summed E-state index contributed by atoms with van der Waals surface area (Å²) < 4.78 is 23.6. The van der Waals surface area contributed by atoms with E-state index in [9.17, 15) is 9.50 Å². The first-order valence-electron chi connectivity index (χ1n) is 4.98. The van der Waals surface area contributed by atoms with Crippen molar-refractivity contribution >= 4 is 0 Å². The summed E-state index contributed by atoms with van der Waals surface area (Å²) in [6.07, 6.45) is -0.870. The Labute approximate surface area is 96.8 Å². The molecule has 1 aromatic heterocycles. The van der Waals surface area contributed by atoms with Crippen molar-refractivity contribution in [1.82, 2.24) is 10.1 Å². The smallest absolute Gasteiger partial charge is 0.264 e. The van der Waals surface area contributed by atoms with Crippen LogP contribution in [0.3, 0.4) is 0 Å². The average Bonchev–Trinajstić information content (AvgIpc) is 2.77. The molecule has 0 aliphatic heterocycles. The molecule has 1 aromatic carbocycles. The second kappa shape index (κ2) is 4.50. The minimum absolute atomic E-state index is 0.0177. The summed E-state index contributed by atoms with van der Waals surface area (Å²) in [7, 11) is 1.42. The molecule has 1 atom stereocenters. The standard InChI is InChI=1S/C11H11FN2O3/c1-6(15)10-13-11(17-14-10)9-7(12)4-3-5-8(9)16-2/h3-6,15H,1-2H3. The largest absolute Gasteiger partial charge is 0.496 e. The van der Waals surface area contributed by atoms with Gasteiger partial charge in [0.15, 0.2) is 5.82 Å². The molecule has 5 nitrogen and oxygen atoms in total. The van der Waals surface area contributed by atoms with E-state index in [0.717, 1.165) is 0 Å². The third kappa shape index (κ3) is 2.12. The highest BCUT2D eigenvalue weighted by Crippen LogP contribution is 2.31. The van der Waals surface area contributed by atoms with Gasteiger partial charge in [-0.2, -0.15) is 4.98 Å². The molecule has 17 heavy (non-hydrogen) atoms. The van der Waals surface area contributed by atoms with E-state index in [1.165, 1.54) is 26.2 Å². The Bertz CT molecular complexity index is 525. The maximum Gasteiger partial charge on any atom is 0.264 e. The summed E-state index contributed by atoms with van der Waals surface area (Å²) in [4.78, 5) is 3.90. The van der Waals surface area contributed by atoms with E-state index in [1.54, 1.807) is 6.07 Å². The van der Waals surface area contributed by atoms with Crippen molar-refractivity contribution in [3.05, 3.63) is 29.8 Å². The molecule has 0 bridgehead atoms. The number of aromatic nitrogens is 2. The Morgan fingerprint density at radius 1 is 1.47 bits per heavy atom. The topological polar surface area (TPSA) is 68.4 Å². The van der Waals surface area contributed by atoms with Crippen molar-refractivity contribution in [3.8, 4) is 17.2 Å². The highest BCUT2D eigenvalue weighted by molar-refractivity contribution is 5.63. The fourth-order valence-corrected chi connectivity index (χ4v) is 1.39. The third-order valence-corrected chi connectivity index (χ3v) is 2.22. The number of methoxy groups -OCH3 is 1. The third-order valence-electron chi connectivity index (χ3n) is 2.22. The zero-order chi connectivity index (χ0) is 12.4. The molecule has 0 aliphatic rings. The Kier molecular flexibility index (Phi) is 3.06. The number of aliphatic hydroxyl groups excluding tert-OH is 1. The lowest BCUT2D eigenvalue weighted by molar-refractivity contribution is 0.184. The van der Waals surface area contributed by atoms with E-state index < -0.39 is 11.9 Å². The lowest BCUT2D eigenvalue weighted by Crippen LogP contribution is -1.94. The van der Waals surface area contributed by atoms with Crippen molar-refractivity contribution in [2.75, 3.05) is 7.11 Å². The van der Waals surface area contributed by atoms with Gasteiger partial charge in [-0.1, -0.05) is 11.2 Å². The van der Waals surface area contributed by atoms with Crippen molar-refractivity contribution < 1.29 is 18.8 Å². The minimum Gasteiger partial charge on any atom is -0.496 e. The SMILES string of the molecule is COc1cccc(F)c1-c1nc(C(C)O)no1. The van der Waals surface area contributed by atoms with E-state index in [2.05, 4.69) is 10.1 Å². The fourth-order valence-electron chi connectivity index (χ4n) is 1.39. The molecule has 0 fully saturated rings. The van der Waals surface area contributed by atoms with Crippen LogP contribution < -0.4 is 4.74 Å². The monoisotopic (exact) mass is 238 g/mol. The van der Waals surface area contributed by atoms with Gasteiger partial charge in [-0.3, -0.25) is 0 Å². The number of hydrogen-bond acceptors (Lipinski definition) is 5. The number of halogens is 1. The maximum atomic E-state index is 13.7. The molecule has 0 saturated carbocycles. The van der Waals surface area contributed by atoms with Crippen LogP contribution in [0.2, 0.25) is 0 Å². The van der Waals surface area contributed by atoms with Gasteiger partial charge in [-0.15, -0.1) is 0 Å². The molecular formula is C11H11FN2O3. The summed E-state index contributed by atoms with van der Waals surface area (Å²) in [5.74, 6) is -0.142. The van der Waals surface area contributed by atoms with Crippen molar-refractivity contribution in [1.29, 1.82) is 0 Å². The normalized spacial score (nSPS) is 12.5. The Morgan fingerprint density at radius 3 is 2.82 bits per heavy atom. The quantitative estimate of drug-likeness (QED) is 0.884. The van der Waals surface area contributed by atoms with Crippen molar-refractivity contribution in [3.63, 3.8) is 0 Å². The number of nitrogens with zero attached hydrogens (tertiary/aromatic N) is 2. The van der Waals surface area contributed by atoms with Crippen molar-refractivity contribution in [2.45, 2.75) is 13.0 Å². The second-order valence-corrected chi connectivity index (χ2v) is 3.45. The molecule has 0 saturated heterocycles. The summed E-state index contributed by atoms with van der Waals surface area (Å²) in [5.41, 5.74) is 0.0920. The molecule has 1 unspecified atom stereocenters. The van der Waals surface area contributed by atoms with Crippen LogP contribution in [0.1, 0.15) is 18.9 Å². The molecule has 0 radical (unpaired) electrons. The molecule has 0 aliphatic carbocycles. The van der Waals surface area contributed by atoms with E-state index in [-0.39, 0.29) is 17.3 Å². The predicted molar refractivity (Wildman–Crippen MR) is 56.9 cm³/mol. The summed E-state index contributed by atoms with van der Waals surface area (Å²) in [6, 6.07) is 4.37. The molecule has 0 spiro atoms. The van der Waals surface area contributed by atoms with Crippen LogP contribution >= 0.6 is 0 Å². The van der Waals surface area contributed by atoms with Crippen LogP contribution in [0.4, 0.5) is 4.39 Å². The summed E-state index contributed by atoms with van der Waals surface area (Å²) in [6.45, 7) is 1.49. The molecule has 1 heterocycles. The van der Waals surface area contributed by atoms with Gasteiger partial charge in [0.2, 0.25) is 0 Å². The number of rotatable bonds is 3. The van der Waals surface area contributed by atoms with Gasteiger partial charge in [0.1, 0.15) is 23.2 Å². The summed E-state index contributed by atoms with van der Waals surface area (Å²) >= 11 is 0. The lowest BCUT2D eigenvalue weighted by atomic mass is 10.2. The molecule has 2 aromatic rings. The lowest BCUT2D eigenvalue weighted by Gasteiger charge is -2.04. The minimum atomic E-state index is -0.870. The zero-order valence-corrected chi connectivity index (χ0v) is 9.35. The Balaban J connectivity index is 2.51. The Morgan fingerprint density at radius 2 is 2.24 bits per heavy atom. The van der Waals surface area contributed by atoms with Gasteiger partial charge >= 0.3 is 0 Å². The number of hydrogen-bond donors (Lipinski definition) is 1. The molecular weight excluding hydrogens is 227 g/mol. The van der Waals surface area contributed by atoms with Gasteiger partial charge in [-0.25, -0.2) is 4.39 Å². The van der Waals surface area contributed by atoms with Crippen LogP contribution in [-0.4, -0.2) is 22.4 Å². The zero-order valence-electron chi connectivity index (χ0n) is 9.35. The van der Waals surface area contributed by atoms with Gasteiger partial charge in [0.25, 0.3) is 5.89 Å². The first-order valence-corrected chi connectivity index (χ1v) is 4.98. The van der Waals surface area contributed by atoms with Crippen LogP contribution in [0.15, 0.2) is 22.7 Å². The molecule has 90 valence electrons. The average molecular weight is 238 g/mol. The highest BCUT2D eigenvalue weighted by atomic mass is 19.1. The second-order valence-electron chi connectivity index (χ2n) is 3.45. The van der Waals surface area contributed by atoms with Gasteiger partial charge in [0, 0.05) is 0 Å². The highest BCUT2D eigenvalue weighted by Gasteiger charge is 2.19.